The summed E-state index contributed by atoms with van der Waals surface area (Å²) in [6.07, 6.45) is -1.15. The molecule has 1 fully saturated rings. The van der Waals surface area contributed by atoms with E-state index in [0.29, 0.717) is 12.3 Å². The molecule has 24 heavy (non-hydrogen) atoms. The van der Waals surface area contributed by atoms with Crippen molar-refractivity contribution in [1.29, 1.82) is 0 Å². The number of esters is 1. The first-order chi connectivity index (χ1) is 11.4. The number of carbonyl (C=O) groups is 3. The van der Waals surface area contributed by atoms with Crippen molar-refractivity contribution >= 4 is 40.3 Å². The maximum atomic E-state index is 12.0. The van der Waals surface area contributed by atoms with Gasteiger partial charge in [-0.15, -0.1) is 0 Å². The van der Waals surface area contributed by atoms with Crippen LogP contribution in [0.15, 0.2) is 24.3 Å². The third kappa shape index (κ3) is 4.44. The molecular formula is C14H15N3O6S. The molecule has 0 aromatic heterocycles. The van der Waals surface area contributed by atoms with E-state index in [1.165, 1.54) is 36.1 Å². The fourth-order valence-corrected chi connectivity index (χ4v) is 2.81. The Hall–Kier alpha value is -2.62. The van der Waals surface area contributed by atoms with Crippen LogP contribution in [0.1, 0.15) is 6.92 Å². The van der Waals surface area contributed by atoms with Gasteiger partial charge in [0.05, 0.1) is 4.92 Å². The molecule has 1 aromatic rings. The number of ether oxygens (including phenoxy) is 1. The van der Waals surface area contributed by atoms with Crippen LogP contribution < -0.4 is 5.32 Å². The molecule has 1 saturated heterocycles. The lowest BCUT2D eigenvalue weighted by atomic mass is 10.2. The average Bonchev–Trinajstić information content (AvgIpc) is 2.92. The van der Waals surface area contributed by atoms with Gasteiger partial charge in [0.1, 0.15) is 12.2 Å². The van der Waals surface area contributed by atoms with E-state index >= 15 is 0 Å². The van der Waals surface area contributed by atoms with Crippen molar-refractivity contribution in [3.8, 4) is 0 Å². The van der Waals surface area contributed by atoms with E-state index < -0.39 is 22.9 Å². The van der Waals surface area contributed by atoms with Crippen molar-refractivity contribution in [3.63, 3.8) is 0 Å². The number of thioether (sulfide) groups is 1. The molecule has 0 bridgehead atoms. The van der Waals surface area contributed by atoms with E-state index in [-0.39, 0.29) is 23.2 Å². The van der Waals surface area contributed by atoms with Gasteiger partial charge in [-0.1, -0.05) is 23.9 Å². The van der Waals surface area contributed by atoms with Crippen LogP contribution in [-0.2, 0) is 14.3 Å². The van der Waals surface area contributed by atoms with Gasteiger partial charge in [-0.3, -0.25) is 24.5 Å². The number of benzene rings is 1. The lowest BCUT2D eigenvalue weighted by Gasteiger charge is -2.17. The zero-order chi connectivity index (χ0) is 17.7. The summed E-state index contributed by atoms with van der Waals surface area (Å²) in [5.41, 5.74) is -0.245. The Labute approximate surface area is 141 Å². The van der Waals surface area contributed by atoms with Crippen LogP contribution in [0, 0.1) is 10.1 Å². The molecule has 1 N–H and O–H groups in total. The van der Waals surface area contributed by atoms with Crippen molar-refractivity contribution in [1.82, 2.24) is 4.90 Å². The Morgan fingerprint density at radius 2 is 2.17 bits per heavy atom. The van der Waals surface area contributed by atoms with Gasteiger partial charge in [-0.2, -0.15) is 0 Å². The molecule has 0 saturated carbocycles. The van der Waals surface area contributed by atoms with Crippen LogP contribution in [0.3, 0.4) is 0 Å². The first-order valence-electron chi connectivity index (χ1n) is 7.04. The number of nitrogens with zero attached hydrogens (tertiary/aromatic N) is 2. The summed E-state index contributed by atoms with van der Waals surface area (Å²) < 4.78 is 4.97. The molecule has 9 nitrogen and oxygen atoms in total. The summed E-state index contributed by atoms with van der Waals surface area (Å²) in [6, 6.07) is 5.64. The first-order valence-corrected chi connectivity index (χ1v) is 8.02. The van der Waals surface area contributed by atoms with Gasteiger partial charge < -0.3 is 15.0 Å². The second-order valence-electron chi connectivity index (χ2n) is 4.93. The van der Waals surface area contributed by atoms with Gasteiger partial charge >= 0.3 is 5.97 Å². The molecule has 1 aliphatic rings. The maximum absolute atomic E-state index is 12.0. The zero-order valence-electron chi connectivity index (χ0n) is 12.8. The molecule has 1 aromatic carbocycles. The highest BCUT2D eigenvalue weighted by atomic mass is 32.2. The van der Waals surface area contributed by atoms with Crippen molar-refractivity contribution in [2.45, 2.75) is 13.0 Å². The summed E-state index contributed by atoms with van der Waals surface area (Å²) in [5, 5.41) is 13.1. The predicted molar refractivity (Wildman–Crippen MR) is 86.7 cm³/mol. The average molecular weight is 353 g/mol. The lowest BCUT2D eigenvalue weighted by Crippen LogP contribution is -2.36. The van der Waals surface area contributed by atoms with E-state index in [1.807, 2.05) is 0 Å². The van der Waals surface area contributed by atoms with Crippen molar-refractivity contribution in [2.75, 3.05) is 24.2 Å². The number of hydrogen-bond donors (Lipinski definition) is 1. The molecule has 1 heterocycles. The van der Waals surface area contributed by atoms with Crippen LogP contribution in [-0.4, -0.2) is 51.9 Å². The Balaban J connectivity index is 1.91. The molecule has 10 heteroatoms. The molecule has 0 radical (unpaired) electrons. The number of nitrogens with one attached hydrogen (secondary N) is 1. The van der Waals surface area contributed by atoms with E-state index in [1.54, 1.807) is 0 Å². The quantitative estimate of drug-likeness (QED) is 0.469. The van der Waals surface area contributed by atoms with Gasteiger partial charge in [-0.05, 0) is 13.0 Å². The second kappa shape index (κ2) is 7.77. The van der Waals surface area contributed by atoms with Gasteiger partial charge in [0.25, 0.3) is 16.8 Å². The highest BCUT2D eigenvalue weighted by Crippen LogP contribution is 2.23. The molecule has 2 amide bonds. The summed E-state index contributed by atoms with van der Waals surface area (Å²) in [5.74, 6) is -0.796. The van der Waals surface area contributed by atoms with Crippen LogP contribution in [0.2, 0.25) is 0 Å². The zero-order valence-corrected chi connectivity index (χ0v) is 13.6. The monoisotopic (exact) mass is 353 g/mol. The molecule has 0 spiro atoms. The number of anilines is 1. The fourth-order valence-electron chi connectivity index (χ4n) is 1.99. The van der Waals surface area contributed by atoms with Crippen LogP contribution >= 0.6 is 11.8 Å². The Bertz CT molecular complexity index is 680. The maximum Gasteiger partial charge on any atom is 0.326 e. The minimum Gasteiger partial charge on any atom is -0.451 e. The second-order valence-corrected chi connectivity index (χ2v) is 5.98. The minimum absolute atomic E-state index is 0.0153. The Morgan fingerprint density at radius 1 is 1.46 bits per heavy atom. The van der Waals surface area contributed by atoms with E-state index in [0.717, 1.165) is 11.8 Å². The summed E-state index contributed by atoms with van der Waals surface area (Å²) in [6.45, 7) is 1.58. The third-order valence-electron chi connectivity index (χ3n) is 3.20. The number of nitro benzene ring substituents is 1. The SMILES string of the molecule is C[C@H](OC(=O)CN1CCSC1=O)C(=O)Nc1ccccc1[N+](=O)[O-]. The number of hydrogen-bond acceptors (Lipinski definition) is 7. The number of amides is 2. The Morgan fingerprint density at radius 3 is 2.79 bits per heavy atom. The van der Waals surface area contributed by atoms with E-state index in [4.69, 9.17) is 4.74 Å². The Kier molecular flexibility index (Phi) is 5.74. The van der Waals surface area contributed by atoms with E-state index in [9.17, 15) is 24.5 Å². The molecule has 1 aliphatic heterocycles. The molecule has 0 unspecified atom stereocenters. The number of rotatable bonds is 6. The van der Waals surface area contributed by atoms with Crippen molar-refractivity contribution in [3.05, 3.63) is 34.4 Å². The number of para-hydroxylation sites is 2. The van der Waals surface area contributed by atoms with Gasteiger partial charge in [0.15, 0.2) is 6.10 Å². The molecule has 0 aliphatic carbocycles. The summed E-state index contributed by atoms with van der Waals surface area (Å²) >= 11 is 1.11. The predicted octanol–water partition coefficient (Wildman–Crippen LogP) is 1.63. The van der Waals surface area contributed by atoms with Gasteiger partial charge in [-0.25, -0.2) is 0 Å². The summed E-state index contributed by atoms with van der Waals surface area (Å²) in [7, 11) is 0. The van der Waals surface area contributed by atoms with Crippen molar-refractivity contribution < 1.29 is 24.0 Å². The molecule has 1 atom stereocenters. The van der Waals surface area contributed by atoms with Gasteiger partial charge in [0, 0.05) is 18.4 Å². The molecular weight excluding hydrogens is 338 g/mol. The van der Waals surface area contributed by atoms with Crippen LogP contribution in [0.4, 0.5) is 16.2 Å². The standard InChI is InChI=1S/C14H15N3O6S/c1-9(23-12(18)8-16-6-7-24-14(16)20)13(19)15-10-4-2-3-5-11(10)17(21)22/h2-5,9H,6-8H2,1H3,(H,15,19)/t9-/m0/s1. The summed E-state index contributed by atoms with van der Waals surface area (Å²) in [4.78, 5) is 46.8. The molecule has 128 valence electrons. The minimum atomic E-state index is -1.15. The topological polar surface area (TPSA) is 119 Å². The van der Waals surface area contributed by atoms with Gasteiger partial charge in [0.2, 0.25) is 0 Å². The highest BCUT2D eigenvalue weighted by Gasteiger charge is 2.26. The third-order valence-corrected chi connectivity index (χ3v) is 4.09. The fraction of sp³-hybridized carbons (Fsp3) is 0.357. The first kappa shape index (κ1) is 17.7. The van der Waals surface area contributed by atoms with Crippen LogP contribution in [0.5, 0.6) is 0 Å². The largest absolute Gasteiger partial charge is 0.451 e. The number of nitro groups is 1. The van der Waals surface area contributed by atoms with Crippen LogP contribution in [0.25, 0.3) is 0 Å². The molecule has 2 rings (SSSR count). The smallest absolute Gasteiger partial charge is 0.326 e. The number of carbonyl (C=O) groups excluding carboxylic acids is 3. The van der Waals surface area contributed by atoms with E-state index in [2.05, 4.69) is 5.32 Å². The highest BCUT2D eigenvalue weighted by molar-refractivity contribution is 8.13. The van der Waals surface area contributed by atoms with Crippen molar-refractivity contribution in [2.24, 2.45) is 0 Å². The lowest BCUT2D eigenvalue weighted by molar-refractivity contribution is -0.383. The normalized spacial score (nSPS) is 15.0.